The average molecular weight is 221 g/mol. The van der Waals surface area contributed by atoms with E-state index in [2.05, 4.69) is 5.32 Å². The van der Waals surface area contributed by atoms with Crippen molar-refractivity contribution in [2.24, 2.45) is 0 Å². The van der Waals surface area contributed by atoms with E-state index < -0.39 is 0 Å². The third-order valence-corrected chi connectivity index (χ3v) is 2.61. The summed E-state index contributed by atoms with van der Waals surface area (Å²) in [6, 6.07) is 6.93. The van der Waals surface area contributed by atoms with Crippen LogP contribution in [0.1, 0.15) is 16.8 Å². The van der Waals surface area contributed by atoms with Crippen molar-refractivity contribution < 1.29 is 14.3 Å². The number of hydrogen-bond donors (Lipinski definition) is 1. The number of esters is 1. The van der Waals surface area contributed by atoms with E-state index in [0.29, 0.717) is 5.56 Å². The van der Waals surface area contributed by atoms with E-state index in [4.69, 9.17) is 9.47 Å². The van der Waals surface area contributed by atoms with Crippen LogP contribution in [0.2, 0.25) is 0 Å². The zero-order valence-electron chi connectivity index (χ0n) is 9.23. The fourth-order valence-corrected chi connectivity index (χ4v) is 1.68. The quantitative estimate of drug-likeness (QED) is 0.779. The van der Waals surface area contributed by atoms with Crippen LogP contribution in [-0.4, -0.2) is 32.3 Å². The molecule has 1 aliphatic heterocycles. The van der Waals surface area contributed by atoms with Crippen LogP contribution < -0.4 is 10.1 Å². The zero-order valence-corrected chi connectivity index (χ0v) is 9.23. The summed E-state index contributed by atoms with van der Waals surface area (Å²) in [6.45, 7) is 1.67. The molecule has 1 fully saturated rings. The molecule has 4 heteroatoms. The highest BCUT2D eigenvalue weighted by molar-refractivity contribution is 5.89. The van der Waals surface area contributed by atoms with Crippen LogP contribution in [0, 0.1) is 0 Å². The van der Waals surface area contributed by atoms with Gasteiger partial charge < -0.3 is 14.8 Å². The molecule has 1 aromatic carbocycles. The summed E-state index contributed by atoms with van der Waals surface area (Å²) in [4.78, 5) is 11.7. The molecular formula is C12H15NO3. The Morgan fingerprint density at radius 1 is 1.38 bits per heavy atom. The number of hydrogen-bond acceptors (Lipinski definition) is 4. The van der Waals surface area contributed by atoms with Crippen molar-refractivity contribution in [2.45, 2.75) is 12.5 Å². The molecule has 2 rings (SSSR count). The van der Waals surface area contributed by atoms with E-state index in [1.54, 1.807) is 31.4 Å². The zero-order chi connectivity index (χ0) is 11.4. The standard InChI is InChI=1S/C12H15NO3/c1-15-10-4-2-9(3-5-10)12(14)16-11-6-7-13-8-11/h2-5,11,13H,6-8H2,1H3/t11-/m0/s1. The van der Waals surface area contributed by atoms with Gasteiger partial charge in [-0.1, -0.05) is 0 Å². The monoisotopic (exact) mass is 221 g/mol. The van der Waals surface area contributed by atoms with Gasteiger partial charge in [0.25, 0.3) is 0 Å². The van der Waals surface area contributed by atoms with Gasteiger partial charge in [0.1, 0.15) is 11.9 Å². The van der Waals surface area contributed by atoms with Crippen molar-refractivity contribution in [1.82, 2.24) is 5.32 Å². The lowest BCUT2D eigenvalue weighted by molar-refractivity contribution is 0.0344. The van der Waals surface area contributed by atoms with Crippen LogP contribution in [0.5, 0.6) is 5.75 Å². The first kappa shape index (κ1) is 11.0. The van der Waals surface area contributed by atoms with E-state index in [0.717, 1.165) is 25.3 Å². The maximum Gasteiger partial charge on any atom is 0.338 e. The molecule has 0 spiro atoms. The van der Waals surface area contributed by atoms with Gasteiger partial charge in [-0.15, -0.1) is 0 Å². The third-order valence-electron chi connectivity index (χ3n) is 2.61. The molecule has 1 heterocycles. The molecule has 0 aliphatic carbocycles. The highest BCUT2D eigenvalue weighted by Gasteiger charge is 2.19. The minimum Gasteiger partial charge on any atom is -0.497 e. The van der Waals surface area contributed by atoms with Crippen molar-refractivity contribution in [3.8, 4) is 5.75 Å². The minimum absolute atomic E-state index is 0.00889. The van der Waals surface area contributed by atoms with Gasteiger partial charge in [0.2, 0.25) is 0 Å². The van der Waals surface area contributed by atoms with Crippen molar-refractivity contribution in [3.63, 3.8) is 0 Å². The van der Waals surface area contributed by atoms with Crippen LogP contribution in [0.4, 0.5) is 0 Å². The highest BCUT2D eigenvalue weighted by Crippen LogP contribution is 2.13. The number of rotatable bonds is 3. The Kier molecular flexibility index (Phi) is 3.41. The fraction of sp³-hybridized carbons (Fsp3) is 0.417. The molecule has 0 saturated carbocycles. The summed E-state index contributed by atoms with van der Waals surface area (Å²) in [5, 5.41) is 3.15. The van der Waals surface area contributed by atoms with E-state index >= 15 is 0 Å². The van der Waals surface area contributed by atoms with Crippen LogP contribution in [0.3, 0.4) is 0 Å². The summed E-state index contributed by atoms with van der Waals surface area (Å²) < 4.78 is 10.3. The molecule has 1 aromatic rings. The van der Waals surface area contributed by atoms with Gasteiger partial charge in [-0.05, 0) is 37.2 Å². The smallest absolute Gasteiger partial charge is 0.338 e. The van der Waals surface area contributed by atoms with Gasteiger partial charge in [-0.3, -0.25) is 0 Å². The molecule has 1 N–H and O–H groups in total. The van der Waals surface area contributed by atoms with Crippen LogP contribution in [-0.2, 0) is 4.74 Å². The minimum atomic E-state index is -0.267. The second-order valence-electron chi connectivity index (χ2n) is 3.75. The Bertz CT molecular complexity index is 355. The van der Waals surface area contributed by atoms with Gasteiger partial charge in [0, 0.05) is 6.54 Å². The summed E-state index contributed by atoms with van der Waals surface area (Å²) >= 11 is 0. The number of carbonyl (C=O) groups excluding carboxylic acids is 1. The van der Waals surface area contributed by atoms with Gasteiger partial charge in [0.05, 0.1) is 12.7 Å². The van der Waals surface area contributed by atoms with E-state index in [1.165, 1.54) is 0 Å². The van der Waals surface area contributed by atoms with Crippen LogP contribution in [0.15, 0.2) is 24.3 Å². The lowest BCUT2D eigenvalue weighted by Gasteiger charge is -2.10. The molecule has 0 bridgehead atoms. The van der Waals surface area contributed by atoms with E-state index in [9.17, 15) is 4.79 Å². The molecule has 1 atom stereocenters. The largest absolute Gasteiger partial charge is 0.497 e. The topological polar surface area (TPSA) is 47.6 Å². The summed E-state index contributed by atoms with van der Waals surface area (Å²) in [6.07, 6.45) is 0.900. The first-order valence-corrected chi connectivity index (χ1v) is 5.35. The van der Waals surface area contributed by atoms with Crippen LogP contribution in [0.25, 0.3) is 0 Å². The Hall–Kier alpha value is -1.55. The second kappa shape index (κ2) is 4.99. The van der Waals surface area contributed by atoms with E-state index in [-0.39, 0.29) is 12.1 Å². The number of methoxy groups -OCH3 is 1. The van der Waals surface area contributed by atoms with Crippen molar-refractivity contribution in [1.29, 1.82) is 0 Å². The lowest BCUT2D eigenvalue weighted by Crippen LogP contribution is -2.20. The van der Waals surface area contributed by atoms with Gasteiger partial charge in [-0.25, -0.2) is 4.79 Å². The number of carbonyl (C=O) groups is 1. The first-order chi connectivity index (χ1) is 7.79. The van der Waals surface area contributed by atoms with E-state index in [1.807, 2.05) is 0 Å². The van der Waals surface area contributed by atoms with Crippen molar-refractivity contribution >= 4 is 5.97 Å². The normalized spacial score (nSPS) is 19.4. The molecular weight excluding hydrogens is 206 g/mol. The lowest BCUT2D eigenvalue weighted by atomic mass is 10.2. The molecule has 1 saturated heterocycles. The summed E-state index contributed by atoms with van der Waals surface area (Å²) in [7, 11) is 1.59. The molecule has 0 unspecified atom stereocenters. The fourth-order valence-electron chi connectivity index (χ4n) is 1.68. The van der Waals surface area contributed by atoms with Crippen molar-refractivity contribution in [3.05, 3.63) is 29.8 Å². The second-order valence-corrected chi connectivity index (χ2v) is 3.75. The molecule has 1 aliphatic rings. The van der Waals surface area contributed by atoms with Crippen LogP contribution >= 0.6 is 0 Å². The average Bonchev–Trinajstić information content (AvgIpc) is 2.82. The number of nitrogens with one attached hydrogen (secondary N) is 1. The molecule has 86 valence electrons. The van der Waals surface area contributed by atoms with Gasteiger partial charge >= 0.3 is 5.97 Å². The number of benzene rings is 1. The molecule has 0 aromatic heterocycles. The maximum absolute atomic E-state index is 11.7. The SMILES string of the molecule is COc1ccc(C(=O)O[C@H]2CCNC2)cc1. The predicted octanol–water partition coefficient (Wildman–Crippen LogP) is 1.21. The van der Waals surface area contributed by atoms with Gasteiger partial charge in [-0.2, -0.15) is 0 Å². The summed E-state index contributed by atoms with van der Waals surface area (Å²) in [5.41, 5.74) is 0.563. The van der Waals surface area contributed by atoms with Crippen molar-refractivity contribution in [2.75, 3.05) is 20.2 Å². The van der Waals surface area contributed by atoms with Gasteiger partial charge in [0.15, 0.2) is 0 Å². The molecule has 4 nitrogen and oxygen atoms in total. The highest BCUT2D eigenvalue weighted by atomic mass is 16.5. The third kappa shape index (κ3) is 2.52. The Morgan fingerprint density at radius 2 is 2.12 bits per heavy atom. The molecule has 16 heavy (non-hydrogen) atoms. The number of ether oxygens (including phenoxy) is 2. The first-order valence-electron chi connectivity index (χ1n) is 5.35. The predicted molar refractivity (Wildman–Crippen MR) is 59.7 cm³/mol. The summed E-state index contributed by atoms with van der Waals surface area (Å²) in [5.74, 6) is 0.468. The maximum atomic E-state index is 11.7. The Morgan fingerprint density at radius 3 is 2.69 bits per heavy atom. The Labute approximate surface area is 94.6 Å². The molecule has 0 radical (unpaired) electrons. The molecule has 0 amide bonds. The Balaban J connectivity index is 1.97.